The van der Waals surface area contributed by atoms with Gasteiger partial charge in [0.2, 0.25) is 0 Å². The van der Waals surface area contributed by atoms with E-state index in [4.69, 9.17) is 0 Å². The molecular weight excluding hydrogens is 360 g/mol. The van der Waals surface area contributed by atoms with E-state index in [1.807, 2.05) is 17.0 Å². The summed E-state index contributed by atoms with van der Waals surface area (Å²) in [6.45, 7) is 5.12. The van der Waals surface area contributed by atoms with Gasteiger partial charge in [0.15, 0.2) is 0 Å². The Kier molecular flexibility index (Phi) is 5.57. The van der Waals surface area contributed by atoms with Gasteiger partial charge in [0, 0.05) is 56.6 Å². The minimum atomic E-state index is -0.327. The molecule has 0 bridgehead atoms. The molecule has 0 spiro atoms. The number of piperidine rings is 1. The average Bonchev–Trinajstić information content (AvgIpc) is 2.75. The lowest BCUT2D eigenvalue weighted by atomic mass is 10.0. The predicted octanol–water partition coefficient (Wildman–Crippen LogP) is 3.39. The number of halogens is 2. The zero-order valence-electron chi connectivity index (χ0n) is 15.9. The topological polar surface area (TPSA) is 26.8 Å². The van der Waals surface area contributed by atoms with Gasteiger partial charge in [-0.3, -0.25) is 9.69 Å². The predicted molar refractivity (Wildman–Crippen MR) is 106 cm³/mol. The second-order valence-electron chi connectivity index (χ2n) is 7.55. The summed E-state index contributed by atoms with van der Waals surface area (Å²) in [5.41, 5.74) is 1.60. The van der Waals surface area contributed by atoms with E-state index in [0.717, 1.165) is 51.3 Å². The molecule has 0 N–H and O–H groups in total. The highest BCUT2D eigenvalue weighted by Gasteiger charge is 2.30. The van der Waals surface area contributed by atoms with Crippen molar-refractivity contribution in [3.63, 3.8) is 0 Å². The number of anilines is 1. The molecule has 4 rings (SSSR count). The molecule has 1 amide bonds. The number of piperazine rings is 1. The van der Waals surface area contributed by atoms with E-state index in [2.05, 4.69) is 9.80 Å². The maximum Gasteiger partial charge on any atom is 0.253 e. The third-order valence-electron chi connectivity index (χ3n) is 5.80. The van der Waals surface area contributed by atoms with Crippen LogP contribution in [0.25, 0.3) is 0 Å². The van der Waals surface area contributed by atoms with E-state index in [1.54, 1.807) is 12.1 Å². The molecule has 1 atom stereocenters. The zero-order valence-corrected chi connectivity index (χ0v) is 15.9. The first-order valence-electron chi connectivity index (χ1n) is 9.89. The summed E-state index contributed by atoms with van der Waals surface area (Å²) in [6.07, 6.45) is 2.07. The molecule has 2 fully saturated rings. The molecule has 2 aromatic rings. The van der Waals surface area contributed by atoms with Crippen LogP contribution in [0, 0.1) is 11.6 Å². The highest BCUT2D eigenvalue weighted by Crippen LogP contribution is 2.22. The van der Waals surface area contributed by atoms with Crippen LogP contribution in [0.4, 0.5) is 14.5 Å². The van der Waals surface area contributed by atoms with E-state index >= 15 is 0 Å². The molecule has 2 heterocycles. The Labute approximate surface area is 164 Å². The van der Waals surface area contributed by atoms with Crippen molar-refractivity contribution in [3.05, 3.63) is 65.7 Å². The summed E-state index contributed by atoms with van der Waals surface area (Å²) in [6, 6.07) is 12.8. The Morgan fingerprint density at radius 1 is 0.821 bits per heavy atom. The van der Waals surface area contributed by atoms with Crippen LogP contribution >= 0.6 is 0 Å². The molecule has 2 aliphatic rings. The summed E-state index contributed by atoms with van der Waals surface area (Å²) >= 11 is 0. The van der Waals surface area contributed by atoms with Gasteiger partial charge >= 0.3 is 0 Å². The number of hydrogen-bond donors (Lipinski definition) is 0. The lowest BCUT2D eigenvalue weighted by Gasteiger charge is -2.44. The number of nitrogens with zero attached hydrogens (tertiary/aromatic N) is 3. The smallest absolute Gasteiger partial charge is 0.253 e. The highest BCUT2D eigenvalue weighted by molar-refractivity contribution is 5.94. The maximum absolute atomic E-state index is 13.1. The molecular formula is C22H25F2N3O. The van der Waals surface area contributed by atoms with Gasteiger partial charge in [0.25, 0.3) is 5.91 Å². The molecule has 1 unspecified atom stereocenters. The van der Waals surface area contributed by atoms with Crippen molar-refractivity contribution in [2.75, 3.05) is 44.2 Å². The van der Waals surface area contributed by atoms with Gasteiger partial charge in [0.05, 0.1) is 0 Å². The van der Waals surface area contributed by atoms with E-state index in [-0.39, 0.29) is 17.5 Å². The number of carbonyl (C=O) groups is 1. The van der Waals surface area contributed by atoms with Crippen molar-refractivity contribution in [2.24, 2.45) is 0 Å². The second kappa shape index (κ2) is 8.27. The minimum absolute atomic E-state index is 0.0188. The molecule has 2 saturated heterocycles. The Hall–Kier alpha value is -2.47. The van der Waals surface area contributed by atoms with Crippen molar-refractivity contribution >= 4 is 11.6 Å². The Morgan fingerprint density at radius 2 is 1.43 bits per heavy atom. The number of benzene rings is 2. The first kappa shape index (κ1) is 18.9. The lowest BCUT2D eigenvalue weighted by Crippen LogP contribution is -2.55. The second-order valence-corrected chi connectivity index (χ2v) is 7.55. The third kappa shape index (κ3) is 4.17. The standard InChI is InChI=1S/C22H25F2N3O/c23-18-5-3-17(4-6-18)22(28)27-11-1-2-21(16-27)26-14-12-25(13-15-26)20-9-7-19(24)8-10-20/h3-10,21H,1-2,11-16H2. The normalized spacial score (nSPS) is 21.0. The molecule has 0 saturated carbocycles. The summed E-state index contributed by atoms with van der Waals surface area (Å²) in [7, 11) is 0. The molecule has 6 heteroatoms. The summed E-state index contributed by atoms with van der Waals surface area (Å²) in [5, 5.41) is 0. The van der Waals surface area contributed by atoms with E-state index < -0.39 is 0 Å². The fraction of sp³-hybridized carbons (Fsp3) is 0.409. The Bertz CT molecular complexity index is 802. The van der Waals surface area contributed by atoms with Crippen molar-refractivity contribution in [1.29, 1.82) is 0 Å². The molecule has 28 heavy (non-hydrogen) atoms. The van der Waals surface area contributed by atoms with Gasteiger partial charge in [-0.15, -0.1) is 0 Å². The molecule has 0 aromatic heterocycles. The number of amides is 1. The molecule has 148 valence electrons. The fourth-order valence-corrected chi connectivity index (χ4v) is 4.21. The first-order chi connectivity index (χ1) is 13.6. The summed E-state index contributed by atoms with van der Waals surface area (Å²) in [4.78, 5) is 19.4. The Balaban J connectivity index is 1.34. The minimum Gasteiger partial charge on any atom is -0.369 e. The summed E-state index contributed by atoms with van der Waals surface area (Å²) in [5.74, 6) is -0.558. The fourth-order valence-electron chi connectivity index (χ4n) is 4.21. The van der Waals surface area contributed by atoms with Crippen molar-refractivity contribution in [3.8, 4) is 0 Å². The quantitative estimate of drug-likeness (QED) is 0.810. The van der Waals surface area contributed by atoms with Crippen molar-refractivity contribution in [2.45, 2.75) is 18.9 Å². The molecule has 0 radical (unpaired) electrons. The summed E-state index contributed by atoms with van der Waals surface area (Å²) < 4.78 is 26.2. The van der Waals surface area contributed by atoms with Gasteiger partial charge in [0.1, 0.15) is 11.6 Å². The van der Waals surface area contributed by atoms with Gasteiger partial charge in [-0.25, -0.2) is 8.78 Å². The number of carbonyl (C=O) groups excluding carboxylic acids is 1. The van der Waals surface area contributed by atoms with Crippen LogP contribution in [0.1, 0.15) is 23.2 Å². The third-order valence-corrected chi connectivity index (χ3v) is 5.80. The monoisotopic (exact) mass is 385 g/mol. The van der Waals surface area contributed by atoms with Gasteiger partial charge in [-0.2, -0.15) is 0 Å². The average molecular weight is 385 g/mol. The van der Waals surface area contributed by atoms with Crippen molar-refractivity contribution in [1.82, 2.24) is 9.80 Å². The van der Waals surface area contributed by atoms with Crippen LogP contribution in [-0.2, 0) is 0 Å². The van der Waals surface area contributed by atoms with Gasteiger partial charge in [-0.05, 0) is 61.4 Å². The van der Waals surface area contributed by atoms with Crippen LogP contribution in [0.3, 0.4) is 0 Å². The van der Waals surface area contributed by atoms with E-state index in [0.29, 0.717) is 18.2 Å². The molecule has 4 nitrogen and oxygen atoms in total. The number of hydrogen-bond acceptors (Lipinski definition) is 3. The first-order valence-corrected chi connectivity index (χ1v) is 9.89. The SMILES string of the molecule is O=C(c1ccc(F)cc1)N1CCCC(N2CCN(c3ccc(F)cc3)CC2)C1. The lowest BCUT2D eigenvalue weighted by molar-refractivity contribution is 0.0563. The largest absolute Gasteiger partial charge is 0.369 e. The van der Waals surface area contributed by atoms with Crippen LogP contribution in [0.5, 0.6) is 0 Å². The van der Waals surface area contributed by atoms with Crippen molar-refractivity contribution < 1.29 is 13.6 Å². The molecule has 0 aliphatic carbocycles. The van der Waals surface area contributed by atoms with Crippen LogP contribution in [0.15, 0.2) is 48.5 Å². The van der Waals surface area contributed by atoms with E-state index in [9.17, 15) is 13.6 Å². The number of rotatable bonds is 3. The van der Waals surface area contributed by atoms with E-state index in [1.165, 1.54) is 24.3 Å². The van der Waals surface area contributed by atoms with Gasteiger partial charge in [-0.1, -0.05) is 0 Å². The molecule has 2 aromatic carbocycles. The Morgan fingerprint density at radius 3 is 2.07 bits per heavy atom. The van der Waals surface area contributed by atoms with Crippen LogP contribution in [0.2, 0.25) is 0 Å². The van der Waals surface area contributed by atoms with Crippen LogP contribution < -0.4 is 4.90 Å². The number of likely N-dealkylation sites (tertiary alicyclic amines) is 1. The zero-order chi connectivity index (χ0) is 19.5. The molecule has 2 aliphatic heterocycles. The van der Waals surface area contributed by atoms with Gasteiger partial charge < -0.3 is 9.80 Å². The maximum atomic E-state index is 13.1. The van der Waals surface area contributed by atoms with Crippen LogP contribution in [-0.4, -0.2) is 61.0 Å². The highest BCUT2D eigenvalue weighted by atomic mass is 19.1.